The molecule has 0 spiro atoms. The van der Waals surface area contributed by atoms with Gasteiger partial charge in [0.1, 0.15) is 5.82 Å². The number of rotatable bonds is 4. The van der Waals surface area contributed by atoms with E-state index in [2.05, 4.69) is 16.6 Å². The fourth-order valence-corrected chi connectivity index (χ4v) is 2.69. The molecule has 1 aromatic rings. The summed E-state index contributed by atoms with van der Waals surface area (Å²) in [6.45, 7) is 4.81. The van der Waals surface area contributed by atoms with Crippen LogP contribution in [0.3, 0.4) is 0 Å². The average Bonchev–Trinajstić information content (AvgIpc) is 2.54. The number of hydrogen-bond acceptors (Lipinski definition) is 6. The number of carbonyl (C=O) groups excluding carboxylic acids is 1. The number of carbonyl (C=O) groups is 1. The first kappa shape index (κ1) is 19.3. The van der Waals surface area contributed by atoms with Crippen LogP contribution in [0.15, 0.2) is 6.07 Å². The lowest BCUT2D eigenvalue weighted by Crippen LogP contribution is -2.35. The van der Waals surface area contributed by atoms with Crippen molar-refractivity contribution in [2.24, 2.45) is 11.7 Å². The molecule has 0 amide bonds. The summed E-state index contributed by atoms with van der Waals surface area (Å²) in [5.74, 6) is 0.0181. The lowest BCUT2D eigenvalue weighted by Gasteiger charge is -2.33. The molecule has 0 saturated carbocycles. The number of ether oxygens (including phenoxy) is 2. The van der Waals surface area contributed by atoms with Crippen molar-refractivity contribution in [3.63, 3.8) is 0 Å². The van der Waals surface area contributed by atoms with Gasteiger partial charge >= 0.3 is 12.3 Å². The Morgan fingerprint density at radius 1 is 1.40 bits per heavy atom. The Bertz CT molecular complexity index is 615. The summed E-state index contributed by atoms with van der Waals surface area (Å²) in [7, 11) is 0. The summed E-state index contributed by atoms with van der Waals surface area (Å²) in [4.78, 5) is 17.0. The smallest absolute Gasteiger partial charge is 0.434 e. The number of anilines is 1. The van der Waals surface area contributed by atoms with Crippen LogP contribution >= 0.6 is 0 Å². The molecule has 2 heterocycles. The third-order valence-corrected chi connectivity index (χ3v) is 4.07. The van der Waals surface area contributed by atoms with Gasteiger partial charge in [-0.25, -0.2) is 9.78 Å². The fraction of sp³-hybridized carbons (Fsp3) is 0.625. The van der Waals surface area contributed by atoms with Crippen LogP contribution in [0.4, 0.5) is 23.8 Å². The Balaban J connectivity index is 2.42. The highest BCUT2D eigenvalue weighted by molar-refractivity contribution is 5.65. The summed E-state index contributed by atoms with van der Waals surface area (Å²) < 4.78 is 49.4. The predicted octanol–water partition coefficient (Wildman–Crippen LogP) is 3.33. The van der Waals surface area contributed by atoms with Crippen LogP contribution in [-0.4, -0.2) is 30.8 Å². The van der Waals surface area contributed by atoms with E-state index in [0.29, 0.717) is 24.6 Å². The van der Waals surface area contributed by atoms with E-state index >= 15 is 0 Å². The van der Waals surface area contributed by atoms with Crippen LogP contribution < -0.4 is 15.4 Å². The molecule has 2 N–H and O–H groups in total. The van der Waals surface area contributed by atoms with Crippen LogP contribution in [0.25, 0.3) is 0 Å². The quantitative estimate of drug-likeness (QED) is 0.829. The molecule has 1 aliphatic rings. The van der Waals surface area contributed by atoms with Crippen molar-refractivity contribution in [3.05, 3.63) is 17.3 Å². The molecule has 9 heteroatoms. The van der Waals surface area contributed by atoms with Gasteiger partial charge < -0.3 is 20.1 Å². The van der Waals surface area contributed by atoms with Gasteiger partial charge in [-0.05, 0) is 31.7 Å². The standard InChI is InChI=1S/C16H22F3N3O3/c1-3-24-15(23)25-12-8-11(9-20)14(21-13(12)16(17,18)19)22-6-4-10(2)5-7-22/h8,10H,3-7,9,20H2,1-2H3. The summed E-state index contributed by atoms with van der Waals surface area (Å²) >= 11 is 0. The lowest BCUT2D eigenvalue weighted by molar-refractivity contribution is -0.142. The number of halogens is 3. The summed E-state index contributed by atoms with van der Waals surface area (Å²) in [6.07, 6.45) is -4.24. The minimum absolute atomic E-state index is 0.0125. The second-order valence-electron chi connectivity index (χ2n) is 5.97. The van der Waals surface area contributed by atoms with Crippen LogP contribution in [-0.2, 0) is 17.5 Å². The van der Waals surface area contributed by atoms with E-state index in [1.807, 2.05) is 0 Å². The molecule has 140 valence electrons. The number of alkyl halides is 3. The largest absolute Gasteiger partial charge is 0.513 e. The minimum atomic E-state index is -4.77. The molecule has 0 radical (unpaired) electrons. The number of nitrogens with two attached hydrogens (primary N) is 1. The van der Waals surface area contributed by atoms with Crippen molar-refractivity contribution in [1.82, 2.24) is 4.98 Å². The Morgan fingerprint density at radius 3 is 2.56 bits per heavy atom. The Kier molecular flexibility index (Phi) is 6.10. The molecule has 1 aromatic heterocycles. The van der Waals surface area contributed by atoms with Gasteiger partial charge in [0, 0.05) is 25.2 Å². The highest BCUT2D eigenvalue weighted by Gasteiger charge is 2.39. The van der Waals surface area contributed by atoms with Crippen molar-refractivity contribution in [1.29, 1.82) is 0 Å². The molecule has 0 bridgehead atoms. The van der Waals surface area contributed by atoms with Crippen LogP contribution in [0.2, 0.25) is 0 Å². The fourth-order valence-electron chi connectivity index (χ4n) is 2.69. The number of piperidine rings is 1. The molecule has 0 unspecified atom stereocenters. The van der Waals surface area contributed by atoms with E-state index in [-0.39, 0.29) is 19.0 Å². The number of aromatic nitrogens is 1. The molecule has 1 aliphatic heterocycles. The maximum atomic E-state index is 13.4. The zero-order chi connectivity index (χ0) is 18.6. The predicted molar refractivity (Wildman–Crippen MR) is 85.4 cm³/mol. The maximum absolute atomic E-state index is 13.4. The lowest BCUT2D eigenvalue weighted by atomic mass is 9.99. The minimum Gasteiger partial charge on any atom is -0.434 e. The van der Waals surface area contributed by atoms with Gasteiger partial charge in [0.15, 0.2) is 11.4 Å². The molecule has 0 aliphatic carbocycles. The normalized spacial score (nSPS) is 16.0. The highest BCUT2D eigenvalue weighted by Crippen LogP contribution is 2.38. The van der Waals surface area contributed by atoms with Gasteiger partial charge in [-0.1, -0.05) is 6.92 Å². The number of nitrogens with zero attached hydrogens (tertiary/aromatic N) is 2. The van der Waals surface area contributed by atoms with E-state index in [1.165, 1.54) is 6.92 Å². The molecular formula is C16H22F3N3O3. The SMILES string of the molecule is CCOC(=O)Oc1cc(CN)c(N2CCC(C)CC2)nc1C(F)(F)F. The van der Waals surface area contributed by atoms with Gasteiger partial charge in [-0.3, -0.25) is 0 Å². The first-order valence-electron chi connectivity index (χ1n) is 8.17. The van der Waals surface area contributed by atoms with Crippen molar-refractivity contribution in [2.45, 2.75) is 39.4 Å². The monoisotopic (exact) mass is 361 g/mol. The van der Waals surface area contributed by atoms with E-state index < -0.39 is 23.8 Å². The summed E-state index contributed by atoms with van der Waals surface area (Å²) in [5.41, 5.74) is 4.82. The maximum Gasteiger partial charge on any atom is 0.513 e. The number of pyridine rings is 1. The van der Waals surface area contributed by atoms with E-state index in [9.17, 15) is 18.0 Å². The average molecular weight is 361 g/mol. The molecule has 2 rings (SSSR count). The third kappa shape index (κ3) is 4.75. The zero-order valence-electron chi connectivity index (χ0n) is 14.2. The van der Waals surface area contributed by atoms with Crippen LogP contribution in [0.1, 0.15) is 37.9 Å². The van der Waals surface area contributed by atoms with Gasteiger partial charge in [-0.2, -0.15) is 13.2 Å². The Morgan fingerprint density at radius 2 is 2.04 bits per heavy atom. The molecule has 1 fully saturated rings. The van der Waals surface area contributed by atoms with Crippen molar-refractivity contribution in [2.75, 3.05) is 24.6 Å². The highest BCUT2D eigenvalue weighted by atomic mass is 19.4. The van der Waals surface area contributed by atoms with Gasteiger partial charge in [0.25, 0.3) is 0 Å². The second kappa shape index (κ2) is 7.90. The number of hydrogen-bond donors (Lipinski definition) is 1. The van der Waals surface area contributed by atoms with Gasteiger partial charge in [0.05, 0.1) is 6.61 Å². The van der Waals surface area contributed by atoms with E-state index in [4.69, 9.17) is 10.5 Å². The first-order chi connectivity index (χ1) is 11.8. The zero-order valence-corrected chi connectivity index (χ0v) is 14.2. The molecule has 6 nitrogen and oxygen atoms in total. The molecule has 1 saturated heterocycles. The first-order valence-corrected chi connectivity index (χ1v) is 8.17. The van der Waals surface area contributed by atoms with E-state index in [0.717, 1.165) is 18.9 Å². The molecule has 25 heavy (non-hydrogen) atoms. The second-order valence-corrected chi connectivity index (χ2v) is 5.97. The van der Waals surface area contributed by atoms with Crippen molar-refractivity contribution in [3.8, 4) is 5.75 Å². The Hall–Kier alpha value is -2.03. The topological polar surface area (TPSA) is 77.7 Å². The molecular weight excluding hydrogens is 339 g/mol. The summed E-state index contributed by atoms with van der Waals surface area (Å²) in [5, 5.41) is 0. The van der Waals surface area contributed by atoms with Crippen LogP contribution in [0, 0.1) is 5.92 Å². The summed E-state index contributed by atoms with van der Waals surface area (Å²) in [6, 6.07) is 1.13. The van der Waals surface area contributed by atoms with Crippen LogP contribution in [0.5, 0.6) is 5.75 Å². The van der Waals surface area contributed by atoms with Crippen molar-refractivity contribution < 1.29 is 27.4 Å². The molecule has 0 aromatic carbocycles. The molecule has 0 atom stereocenters. The van der Waals surface area contributed by atoms with E-state index in [1.54, 1.807) is 4.90 Å². The van der Waals surface area contributed by atoms with Crippen molar-refractivity contribution >= 4 is 12.0 Å². The van der Waals surface area contributed by atoms with Gasteiger partial charge in [0.2, 0.25) is 0 Å². The Labute approximate surface area is 144 Å². The van der Waals surface area contributed by atoms with Gasteiger partial charge in [-0.15, -0.1) is 0 Å². The third-order valence-electron chi connectivity index (χ3n) is 4.07.